The number of thioether (sulfide) groups is 1. The van der Waals surface area contributed by atoms with Gasteiger partial charge in [0.1, 0.15) is 4.70 Å². The van der Waals surface area contributed by atoms with Crippen LogP contribution in [0.3, 0.4) is 0 Å². The largest absolute Gasteiger partial charge is 0.353 e. The number of carbonyl (C=O) groups excluding carboxylic acids is 1. The van der Waals surface area contributed by atoms with Gasteiger partial charge in [0.15, 0.2) is 5.16 Å². The molecular formula is C22H25N5O2S2. The molecule has 0 aliphatic carbocycles. The molecule has 31 heavy (non-hydrogen) atoms. The molecular weight excluding hydrogens is 430 g/mol. The molecule has 0 radical (unpaired) electrons. The van der Waals surface area contributed by atoms with Crippen molar-refractivity contribution in [2.45, 2.75) is 50.9 Å². The molecule has 4 rings (SSSR count). The minimum absolute atomic E-state index is 0.0340. The van der Waals surface area contributed by atoms with Crippen LogP contribution in [0.1, 0.15) is 32.3 Å². The van der Waals surface area contributed by atoms with Crippen LogP contribution in [0.25, 0.3) is 16.0 Å². The number of aromatic nitrogens is 4. The number of hydrogen-bond acceptors (Lipinski definition) is 6. The molecule has 0 spiro atoms. The summed E-state index contributed by atoms with van der Waals surface area (Å²) in [6.45, 7) is 4.63. The lowest BCUT2D eigenvalue weighted by molar-refractivity contribution is -0.119. The third-order valence-corrected chi connectivity index (χ3v) is 6.90. The zero-order valence-electron chi connectivity index (χ0n) is 17.6. The third kappa shape index (κ3) is 4.67. The Morgan fingerprint density at radius 1 is 1.23 bits per heavy atom. The molecule has 3 aromatic heterocycles. The van der Waals surface area contributed by atoms with Crippen LogP contribution in [-0.2, 0) is 17.8 Å². The fourth-order valence-electron chi connectivity index (χ4n) is 3.57. The Kier molecular flexibility index (Phi) is 6.72. The van der Waals surface area contributed by atoms with Gasteiger partial charge < -0.3 is 5.32 Å². The SMILES string of the molecule is CCCn1c(=O)c2sccc2n2c(SCC(=O)NC(C)CCc3ccccc3)nnc12. The summed E-state index contributed by atoms with van der Waals surface area (Å²) in [7, 11) is 0. The Morgan fingerprint density at radius 3 is 2.81 bits per heavy atom. The van der Waals surface area contributed by atoms with E-state index < -0.39 is 0 Å². The van der Waals surface area contributed by atoms with E-state index >= 15 is 0 Å². The van der Waals surface area contributed by atoms with Gasteiger partial charge in [-0.1, -0.05) is 49.0 Å². The van der Waals surface area contributed by atoms with Gasteiger partial charge in [0.25, 0.3) is 5.56 Å². The maximum atomic E-state index is 12.8. The van der Waals surface area contributed by atoms with Crippen molar-refractivity contribution in [3.05, 3.63) is 57.7 Å². The van der Waals surface area contributed by atoms with Crippen LogP contribution in [0.15, 0.2) is 51.7 Å². The second-order valence-electron chi connectivity index (χ2n) is 7.49. The third-order valence-electron chi connectivity index (χ3n) is 5.08. The molecule has 1 aromatic carbocycles. The number of thiophene rings is 1. The van der Waals surface area contributed by atoms with E-state index in [1.807, 2.05) is 47.9 Å². The maximum absolute atomic E-state index is 12.8. The summed E-state index contributed by atoms with van der Waals surface area (Å²) in [5, 5.41) is 14.1. The van der Waals surface area contributed by atoms with Crippen LogP contribution in [0.5, 0.6) is 0 Å². The van der Waals surface area contributed by atoms with Crippen LogP contribution in [-0.4, -0.2) is 36.9 Å². The fourth-order valence-corrected chi connectivity index (χ4v) is 5.14. The molecule has 1 unspecified atom stereocenters. The van der Waals surface area contributed by atoms with E-state index in [4.69, 9.17) is 0 Å². The standard InChI is InChI=1S/C22H25N5O2S2/c1-3-12-26-20(29)19-17(11-13-30-19)27-21(26)24-25-22(27)31-14-18(28)23-15(2)9-10-16-7-5-4-6-8-16/h4-8,11,13,15H,3,9-10,12,14H2,1-2H3,(H,23,28). The van der Waals surface area contributed by atoms with E-state index in [0.29, 0.717) is 22.2 Å². The molecule has 3 heterocycles. The highest BCUT2D eigenvalue weighted by atomic mass is 32.2. The number of nitrogens with one attached hydrogen (secondary N) is 1. The van der Waals surface area contributed by atoms with E-state index in [2.05, 4.69) is 27.6 Å². The second kappa shape index (κ2) is 9.65. The monoisotopic (exact) mass is 455 g/mol. The van der Waals surface area contributed by atoms with Gasteiger partial charge in [0, 0.05) is 12.6 Å². The first-order valence-corrected chi connectivity index (χ1v) is 12.3. The highest BCUT2D eigenvalue weighted by molar-refractivity contribution is 7.99. The molecule has 4 aromatic rings. The lowest BCUT2D eigenvalue weighted by Crippen LogP contribution is -2.34. The molecule has 0 aliphatic heterocycles. The predicted molar refractivity (Wildman–Crippen MR) is 126 cm³/mol. The van der Waals surface area contributed by atoms with Crippen molar-refractivity contribution in [2.24, 2.45) is 0 Å². The molecule has 1 N–H and O–H groups in total. The molecule has 0 aliphatic rings. The zero-order valence-corrected chi connectivity index (χ0v) is 19.2. The Bertz CT molecular complexity index is 1250. The number of carbonyl (C=O) groups is 1. The van der Waals surface area contributed by atoms with Crippen LogP contribution >= 0.6 is 23.1 Å². The Morgan fingerprint density at radius 2 is 2.03 bits per heavy atom. The number of amides is 1. The van der Waals surface area contributed by atoms with Crippen molar-refractivity contribution in [3.8, 4) is 0 Å². The van der Waals surface area contributed by atoms with Crippen molar-refractivity contribution >= 4 is 45.0 Å². The van der Waals surface area contributed by atoms with Crippen LogP contribution in [0.4, 0.5) is 0 Å². The second-order valence-corrected chi connectivity index (χ2v) is 9.35. The van der Waals surface area contributed by atoms with Gasteiger partial charge in [-0.2, -0.15) is 0 Å². The first-order valence-electron chi connectivity index (χ1n) is 10.4. The van der Waals surface area contributed by atoms with Gasteiger partial charge in [-0.3, -0.25) is 18.6 Å². The smallest absolute Gasteiger partial charge is 0.272 e. The number of hydrogen-bond donors (Lipinski definition) is 1. The Labute approximate surface area is 188 Å². The first-order chi connectivity index (χ1) is 15.1. The van der Waals surface area contributed by atoms with E-state index in [1.54, 1.807) is 4.57 Å². The molecule has 9 heteroatoms. The van der Waals surface area contributed by atoms with Gasteiger partial charge in [-0.25, -0.2) is 0 Å². The van der Waals surface area contributed by atoms with Gasteiger partial charge in [0.2, 0.25) is 11.7 Å². The van der Waals surface area contributed by atoms with Crippen molar-refractivity contribution in [2.75, 3.05) is 5.75 Å². The maximum Gasteiger partial charge on any atom is 0.272 e. The van der Waals surface area contributed by atoms with Gasteiger partial charge in [0.05, 0.1) is 11.3 Å². The lowest BCUT2D eigenvalue weighted by atomic mass is 10.1. The summed E-state index contributed by atoms with van der Waals surface area (Å²) in [6.07, 6.45) is 2.63. The van der Waals surface area contributed by atoms with Crippen LogP contribution < -0.4 is 10.9 Å². The molecule has 0 fully saturated rings. The van der Waals surface area contributed by atoms with Crippen molar-refractivity contribution in [1.82, 2.24) is 24.5 Å². The summed E-state index contributed by atoms with van der Waals surface area (Å²) in [6, 6.07) is 12.3. The van der Waals surface area contributed by atoms with E-state index in [9.17, 15) is 9.59 Å². The molecule has 0 saturated carbocycles. The van der Waals surface area contributed by atoms with Crippen molar-refractivity contribution < 1.29 is 4.79 Å². The molecule has 0 bridgehead atoms. The van der Waals surface area contributed by atoms with Crippen molar-refractivity contribution in [1.29, 1.82) is 0 Å². The van der Waals surface area contributed by atoms with E-state index in [-0.39, 0.29) is 23.3 Å². The molecule has 0 saturated heterocycles. The number of benzene rings is 1. The highest BCUT2D eigenvalue weighted by Gasteiger charge is 2.18. The van der Waals surface area contributed by atoms with Gasteiger partial charge >= 0.3 is 0 Å². The average molecular weight is 456 g/mol. The van der Waals surface area contributed by atoms with E-state index in [1.165, 1.54) is 28.7 Å². The quantitative estimate of drug-likeness (QED) is 0.389. The van der Waals surface area contributed by atoms with Crippen molar-refractivity contribution in [3.63, 3.8) is 0 Å². The minimum atomic E-state index is -0.0363. The number of fused-ring (bicyclic) bond motifs is 3. The molecule has 7 nitrogen and oxygen atoms in total. The average Bonchev–Trinajstić information content (AvgIpc) is 3.41. The predicted octanol–water partition coefficient (Wildman–Crippen LogP) is 3.75. The molecule has 1 atom stereocenters. The minimum Gasteiger partial charge on any atom is -0.353 e. The summed E-state index contributed by atoms with van der Waals surface area (Å²) < 4.78 is 4.24. The van der Waals surface area contributed by atoms with E-state index in [0.717, 1.165) is 24.8 Å². The highest BCUT2D eigenvalue weighted by Crippen LogP contribution is 2.24. The lowest BCUT2D eigenvalue weighted by Gasteiger charge is -2.13. The number of aryl methyl sites for hydroxylation is 2. The first kappa shape index (κ1) is 21.6. The topological polar surface area (TPSA) is 81.3 Å². The number of nitrogens with zero attached hydrogens (tertiary/aromatic N) is 4. The molecule has 162 valence electrons. The zero-order chi connectivity index (χ0) is 21.8. The normalized spacial score (nSPS) is 12.5. The summed E-state index contributed by atoms with van der Waals surface area (Å²) in [4.78, 5) is 25.3. The Balaban J connectivity index is 1.44. The van der Waals surface area contributed by atoms with Crippen LogP contribution in [0.2, 0.25) is 0 Å². The molecule has 1 amide bonds. The van der Waals surface area contributed by atoms with Gasteiger partial charge in [-0.15, -0.1) is 21.5 Å². The summed E-state index contributed by atoms with van der Waals surface area (Å²) in [5.41, 5.74) is 2.03. The number of rotatable bonds is 9. The van der Waals surface area contributed by atoms with Gasteiger partial charge in [-0.05, 0) is 43.2 Å². The summed E-state index contributed by atoms with van der Waals surface area (Å²) >= 11 is 2.76. The van der Waals surface area contributed by atoms with Crippen LogP contribution in [0, 0.1) is 0 Å². The summed E-state index contributed by atoms with van der Waals surface area (Å²) in [5.74, 6) is 0.734. The Hall–Kier alpha value is -2.65. The fraction of sp³-hybridized carbons (Fsp3) is 0.364.